The minimum atomic E-state index is 0.627. The average Bonchev–Trinajstić information content (AvgIpc) is 2.33. The lowest BCUT2D eigenvalue weighted by atomic mass is 9.96. The summed E-state index contributed by atoms with van der Waals surface area (Å²) in [6.45, 7) is 10.4. The quantitative estimate of drug-likeness (QED) is 0.660. The van der Waals surface area contributed by atoms with Crippen molar-refractivity contribution in [1.29, 1.82) is 0 Å². The summed E-state index contributed by atoms with van der Waals surface area (Å²) >= 11 is 0. The van der Waals surface area contributed by atoms with Crippen LogP contribution in [0.2, 0.25) is 0 Å². The van der Waals surface area contributed by atoms with E-state index in [1.165, 1.54) is 51.9 Å². The first-order chi connectivity index (χ1) is 8.22. The fraction of sp³-hybridized carbons (Fsp3) is 1.00. The van der Waals surface area contributed by atoms with Crippen molar-refractivity contribution in [3.8, 4) is 0 Å². The van der Waals surface area contributed by atoms with Gasteiger partial charge in [0.15, 0.2) is 0 Å². The summed E-state index contributed by atoms with van der Waals surface area (Å²) in [5, 5.41) is 3.55. The molecule has 3 heteroatoms. The van der Waals surface area contributed by atoms with Crippen molar-refractivity contribution in [2.75, 3.05) is 39.9 Å². The van der Waals surface area contributed by atoms with Crippen molar-refractivity contribution in [3.63, 3.8) is 0 Å². The third-order valence-electron chi connectivity index (χ3n) is 3.59. The third kappa shape index (κ3) is 7.02. The Morgan fingerprint density at radius 3 is 2.53 bits per heavy atom. The second-order valence-corrected chi connectivity index (χ2v) is 5.55. The van der Waals surface area contributed by atoms with Gasteiger partial charge >= 0.3 is 0 Å². The highest BCUT2D eigenvalue weighted by atomic mass is 16.5. The minimum absolute atomic E-state index is 0.627. The van der Waals surface area contributed by atoms with Gasteiger partial charge in [-0.1, -0.05) is 13.8 Å². The van der Waals surface area contributed by atoms with E-state index in [0.29, 0.717) is 6.04 Å². The SMILES string of the molecule is COCCCCN1CCC(CNC(C)C)CC1. The summed E-state index contributed by atoms with van der Waals surface area (Å²) in [5.41, 5.74) is 0. The molecule has 1 rings (SSSR count). The summed E-state index contributed by atoms with van der Waals surface area (Å²) in [7, 11) is 1.78. The molecule has 0 aromatic rings. The van der Waals surface area contributed by atoms with Gasteiger partial charge in [-0.15, -0.1) is 0 Å². The van der Waals surface area contributed by atoms with Gasteiger partial charge in [0.05, 0.1) is 0 Å². The van der Waals surface area contributed by atoms with Gasteiger partial charge in [-0.05, 0) is 57.8 Å². The number of piperidine rings is 1. The molecule has 0 spiro atoms. The molecule has 0 atom stereocenters. The molecule has 1 N–H and O–H groups in total. The van der Waals surface area contributed by atoms with Crippen molar-refractivity contribution in [2.45, 2.75) is 45.6 Å². The van der Waals surface area contributed by atoms with Crippen LogP contribution in [0.3, 0.4) is 0 Å². The van der Waals surface area contributed by atoms with E-state index in [9.17, 15) is 0 Å². The van der Waals surface area contributed by atoms with Crippen molar-refractivity contribution >= 4 is 0 Å². The van der Waals surface area contributed by atoms with E-state index >= 15 is 0 Å². The van der Waals surface area contributed by atoms with E-state index in [4.69, 9.17) is 4.74 Å². The zero-order valence-corrected chi connectivity index (χ0v) is 11.9. The number of rotatable bonds is 8. The Bertz CT molecular complexity index is 177. The van der Waals surface area contributed by atoms with Gasteiger partial charge in [-0.3, -0.25) is 0 Å². The summed E-state index contributed by atoms with van der Waals surface area (Å²) < 4.78 is 5.08. The monoisotopic (exact) mass is 242 g/mol. The van der Waals surface area contributed by atoms with Crippen LogP contribution in [0.5, 0.6) is 0 Å². The molecule has 0 bridgehead atoms. The first kappa shape index (κ1) is 14.9. The second kappa shape index (κ2) is 8.90. The van der Waals surface area contributed by atoms with Gasteiger partial charge in [0.2, 0.25) is 0 Å². The molecule has 1 fully saturated rings. The lowest BCUT2D eigenvalue weighted by Crippen LogP contribution is -2.39. The first-order valence-corrected chi connectivity index (χ1v) is 7.17. The van der Waals surface area contributed by atoms with E-state index in [2.05, 4.69) is 24.1 Å². The van der Waals surface area contributed by atoms with E-state index in [1.807, 2.05) is 0 Å². The highest BCUT2D eigenvalue weighted by molar-refractivity contribution is 4.74. The van der Waals surface area contributed by atoms with Crippen LogP contribution in [-0.2, 0) is 4.74 Å². The average molecular weight is 242 g/mol. The maximum atomic E-state index is 5.08. The Morgan fingerprint density at radius 1 is 1.24 bits per heavy atom. The van der Waals surface area contributed by atoms with Gasteiger partial charge in [-0.25, -0.2) is 0 Å². The molecular weight excluding hydrogens is 212 g/mol. The fourth-order valence-corrected chi connectivity index (χ4v) is 2.40. The second-order valence-electron chi connectivity index (χ2n) is 5.55. The summed E-state index contributed by atoms with van der Waals surface area (Å²) in [6, 6.07) is 0.627. The highest BCUT2D eigenvalue weighted by Gasteiger charge is 2.18. The Balaban J connectivity index is 2.01. The fourth-order valence-electron chi connectivity index (χ4n) is 2.40. The predicted octanol–water partition coefficient (Wildman–Crippen LogP) is 2.12. The summed E-state index contributed by atoms with van der Waals surface area (Å²) in [6.07, 6.45) is 5.21. The molecule has 0 aromatic carbocycles. The summed E-state index contributed by atoms with van der Waals surface area (Å²) in [4.78, 5) is 2.61. The normalized spacial score (nSPS) is 19.1. The lowest BCUT2D eigenvalue weighted by molar-refractivity contribution is 0.161. The predicted molar refractivity (Wildman–Crippen MR) is 73.4 cm³/mol. The van der Waals surface area contributed by atoms with Crippen LogP contribution in [-0.4, -0.2) is 50.8 Å². The number of methoxy groups -OCH3 is 1. The Kier molecular flexibility index (Phi) is 7.82. The Morgan fingerprint density at radius 2 is 1.94 bits per heavy atom. The topological polar surface area (TPSA) is 24.5 Å². The molecule has 1 heterocycles. The highest BCUT2D eigenvalue weighted by Crippen LogP contribution is 2.16. The molecule has 17 heavy (non-hydrogen) atoms. The van der Waals surface area contributed by atoms with Crippen molar-refractivity contribution in [3.05, 3.63) is 0 Å². The van der Waals surface area contributed by atoms with Crippen LogP contribution in [0.4, 0.5) is 0 Å². The van der Waals surface area contributed by atoms with Crippen LogP contribution in [0.25, 0.3) is 0 Å². The van der Waals surface area contributed by atoms with Gasteiger partial charge < -0.3 is 15.0 Å². The van der Waals surface area contributed by atoms with Crippen LogP contribution >= 0.6 is 0 Å². The molecule has 102 valence electrons. The molecule has 0 saturated carbocycles. The van der Waals surface area contributed by atoms with Crippen LogP contribution in [0.15, 0.2) is 0 Å². The number of nitrogens with zero attached hydrogens (tertiary/aromatic N) is 1. The number of likely N-dealkylation sites (tertiary alicyclic amines) is 1. The Labute approximate surface area is 107 Å². The van der Waals surface area contributed by atoms with E-state index in [1.54, 1.807) is 7.11 Å². The number of unbranched alkanes of at least 4 members (excludes halogenated alkanes) is 1. The smallest absolute Gasteiger partial charge is 0.0462 e. The van der Waals surface area contributed by atoms with Crippen LogP contribution in [0.1, 0.15) is 39.5 Å². The minimum Gasteiger partial charge on any atom is -0.385 e. The molecule has 3 nitrogen and oxygen atoms in total. The van der Waals surface area contributed by atoms with E-state index < -0.39 is 0 Å². The van der Waals surface area contributed by atoms with Crippen molar-refractivity contribution < 1.29 is 4.74 Å². The van der Waals surface area contributed by atoms with Crippen LogP contribution in [0, 0.1) is 5.92 Å². The van der Waals surface area contributed by atoms with Crippen LogP contribution < -0.4 is 5.32 Å². The van der Waals surface area contributed by atoms with Gasteiger partial charge in [0, 0.05) is 19.8 Å². The molecule has 0 aromatic heterocycles. The zero-order chi connectivity index (χ0) is 12.5. The van der Waals surface area contributed by atoms with Crippen molar-refractivity contribution in [2.24, 2.45) is 5.92 Å². The first-order valence-electron chi connectivity index (χ1n) is 7.17. The molecular formula is C14H30N2O. The number of hydrogen-bond donors (Lipinski definition) is 1. The zero-order valence-electron chi connectivity index (χ0n) is 11.9. The molecule has 0 radical (unpaired) electrons. The van der Waals surface area contributed by atoms with E-state index in [-0.39, 0.29) is 0 Å². The van der Waals surface area contributed by atoms with Gasteiger partial charge in [0.1, 0.15) is 0 Å². The number of ether oxygens (including phenoxy) is 1. The molecule has 0 aliphatic carbocycles. The molecule has 0 unspecified atom stereocenters. The number of hydrogen-bond acceptors (Lipinski definition) is 3. The van der Waals surface area contributed by atoms with Crippen molar-refractivity contribution in [1.82, 2.24) is 10.2 Å². The molecule has 1 saturated heterocycles. The molecule has 0 amide bonds. The lowest BCUT2D eigenvalue weighted by Gasteiger charge is -2.32. The molecule has 1 aliphatic heterocycles. The van der Waals surface area contributed by atoms with E-state index in [0.717, 1.165) is 12.5 Å². The standard InChI is InChI=1S/C14H30N2O/c1-13(2)15-12-14-6-9-16(10-7-14)8-4-5-11-17-3/h13-15H,4-12H2,1-3H3. The maximum absolute atomic E-state index is 5.08. The van der Waals surface area contributed by atoms with Gasteiger partial charge in [0.25, 0.3) is 0 Å². The maximum Gasteiger partial charge on any atom is 0.0462 e. The number of nitrogens with one attached hydrogen (secondary N) is 1. The summed E-state index contributed by atoms with van der Waals surface area (Å²) in [5.74, 6) is 0.896. The largest absolute Gasteiger partial charge is 0.385 e. The van der Waals surface area contributed by atoms with Gasteiger partial charge in [-0.2, -0.15) is 0 Å². The Hall–Kier alpha value is -0.120. The molecule has 1 aliphatic rings. The third-order valence-corrected chi connectivity index (χ3v) is 3.59.